The van der Waals surface area contributed by atoms with Gasteiger partial charge in [0.1, 0.15) is 17.2 Å². The number of nitrogen functional groups attached to an aromatic ring is 1. The molecule has 1 fully saturated rings. The fraction of sp³-hybridized carbons (Fsp3) is 0.273. The molecule has 5 nitrogen and oxygen atoms in total. The molecule has 156 valence electrons. The number of halogens is 3. The highest BCUT2D eigenvalue weighted by Gasteiger charge is 2.33. The maximum atomic E-state index is 13.4. The van der Waals surface area contributed by atoms with Crippen molar-refractivity contribution in [3.05, 3.63) is 75.1 Å². The molecule has 1 aliphatic carbocycles. The second-order valence-electron chi connectivity index (χ2n) is 7.61. The van der Waals surface area contributed by atoms with Gasteiger partial charge in [-0.3, -0.25) is 9.48 Å². The number of aryl methyl sites for hydroxylation is 1. The van der Waals surface area contributed by atoms with Gasteiger partial charge < -0.3 is 11.1 Å². The van der Waals surface area contributed by atoms with Gasteiger partial charge in [-0.15, -0.1) is 0 Å². The number of benzene rings is 2. The summed E-state index contributed by atoms with van der Waals surface area (Å²) in [6.45, 7) is 0. The molecular formula is C22H21Cl2FN4O. The number of hydrogen-bond acceptors (Lipinski definition) is 3. The van der Waals surface area contributed by atoms with Crippen molar-refractivity contribution in [3.8, 4) is 0 Å². The SMILES string of the molecule is Cn1nc(C2CCC(c3ccc(Cl)cc3)C2)c(C(=O)Nc2ccc(F)c(Cl)c2)c1N. The second kappa shape index (κ2) is 8.28. The predicted octanol–water partition coefficient (Wildman–Crippen LogP) is 5.75. The predicted molar refractivity (Wildman–Crippen MR) is 118 cm³/mol. The topological polar surface area (TPSA) is 72.9 Å². The molecule has 0 saturated heterocycles. The van der Waals surface area contributed by atoms with Gasteiger partial charge in [0, 0.05) is 23.7 Å². The minimum absolute atomic E-state index is 0.0613. The first-order valence-electron chi connectivity index (χ1n) is 9.67. The van der Waals surface area contributed by atoms with E-state index < -0.39 is 5.82 Å². The van der Waals surface area contributed by atoms with Gasteiger partial charge in [0.25, 0.3) is 5.91 Å². The number of nitrogens with one attached hydrogen (secondary N) is 1. The van der Waals surface area contributed by atoms with Crippen molar-refractivity contribution >= 4 is 40.6 Å². The van der Waals surface area contributed by atoms with Crippen LogP contribution >= 0.6 is 23.2 Å². The lowest BCUT2D eigenvalue weighted by Crippen LogP contribution is -2.16. The van der Waals surface area contributed by atoms with Crippen LogP contribution in [0.4, 0.5) is 15.9 Å². The summed E-state index contributed by atoms with van der Waals surface area (Å²) in [6, 6.07) is 11.9. The third-order valence-electron chi connectivity index (χ3n) is 5.68. The van der Waals surface area contributed by atoms with Crippen LogP contribution in [0.3, 0.4) is 0 Å². The summed E-state index contributed by atoms with van der Waals surface area (Å²) in [7, 11) is 1.72. The summed E-state index contributed by atoms with van der Waals surface area (Å²) in [4.78, 5) is 13.0. The fourth-order valence-corrected chi connectivity index (χ4v) is 4.42. The summed E-state index contributed by atoms with van der Waals surface area (Å²) in [6.07, 6.45) is 2.78. The Labute approximate surface area is 184 Å². The zero-order valence-corrected chi connectivity index (χ0v) is 17.8. The smallest absolute Gasteiger partial charge is 0.261 e. The van der Waals surface area contributed by atoms with E-state index in [4.69, 9.17) is 28.9 Å². The van der Waals surface area contributed by atoms with Crippen LogP contribution < -0.4 is 11.1 Å². The molecule has 1 heterocycles. The number of carbonyl (C=O) groups excluding carboxylic acids is 1. The molecule has 4 rings (SSSR count). The van der Waals surface area contributed by atoms with Crippen LogP contribution in [0.2, 0.25) is 10.0 Å². The Balaban J connectivity index is 1.57. The molecule has 3 N–H and O–H groups in total. The molecule has 0 bridgehead atoms. The summed E-state index contributed by atoms with van der Waals surface area (Å²) >= 11 is 11.8. The van der Waals surface area contributed by atoms with Crippen molar-refractivity contribution < 1.29 is 9.18 Å². The first kappa shape index (κ1) is 20.7. The van der Waals surface area contributed by atoms with E-state index in [2.05, 4.69) is 10.4 Å². The molecule has 8 heteroatoms. The van der Waals surface area contributed by atoms with Crippen LogP contribution in [0.1, 0.15) is 52.7 Å². The number of nitrogens with zero attached hydrogens (tertiary/aromatic N) is 2. The Bertz CT molecular complexity index is 1100. The zero-order chi connectivity index (χ0) is 21.4. The summed E-state index contributed by atoms with van der Waals surface area (Å²) in [5.41, 5.74) is 8.86. The van der Waals surface area contributed by atoms with E-state index in [0.29, 0.717) is 33.7 Å². The number of carbonyl (C=O) groups is 1. The molecule has 2 aromatic carbocycles. The maximum Gasteiger partial charge on any atom is 0.261 e. The molecule has 1 amide bonds. The van der Waals surface area contributed by atoms with Crippen LogP contribution in [0.5, 0.6) is 0 Å². The number of nitrogens with two attached hydrogens (primary N) is 1. The number of hydrogen-bond donors (Lipinski definition) is 2. The van der Waals surface area contributed by atoms with Gasteiger partial charge >= 0.3 is 0 Å². The third kappa shape index (κ3) is 4.02. The highest BCUT2D eigenvalue weighted by Crippen LogP contribution is 2.45. The fourth-order valence-electron chi connectivity index (χ4n) is 4.11. The molecule has 0 spiro atoms. The highest BCUT2D eigenvalue weighted by atomic mass is 35.5. The largest absolute Gasteiger partial charge is 0.383 e. The maximum absolute atomic E-state index is 13.4. The van der Waals surface area contributed by atoms with Gasteiger partial charge in [-0.25, -0.2) is 4.39 Å². The van der Waals surface area contributed by atoms with E-state index in [0.717, 1.165) is 19.3 Å². The molecule has 0 radical (unpaired) electrons. The lowest BCUT2D eigenvalue weighted by Gasteiger charge is -2.12. The van der Waals surface area contributed by atoms with Crippen LogP contribution in [0.15, 0.2) is 42.5 Å². The van der Waals surface area contributed by atoms with Gasteiger partial charge in [-0.1, -0.05) is 35.3 Å². The molecule has 1 aliphatic rings. The van der Waals surface area contributed by atoms with Crippen molar-refractivity contribution in [2.45, 2.75) is 31.1 Å². The quantitative estimate of drug-likeness (QED) is 0.535. The third-order valence-corrected chi connectivity index (χ3v) is 6.23. The molecule has 1 aromatic heterocycles. The Morgan fingerprint density at radius 3 is 2.57 bits per heavy atom. The van der Waals surface area contributed by atoms with Crippen molar-refractivity contribution in [2.24, 2.45) is 7.05 Å². The molecular weight excluding hydrogens is 426 g/mol. The van der Waals surface area contributed by atoms with Crippen molar-refractivity contribution in [2.75, 3.05) is 11.1 Å². The van der Waals surface area contributed by atoms with E-state index in [1.807, 2.05) is 24.3 Å². The number of rotatable bonds is 4. The lowest BCUT2D eigenvalue weighted by atomic mass is 9.94. The van der Waals surface area contributed by atoms with E-state index in [1.165, 1.54) is 28.4 Å². The van der Waals surface area contributed by atoms with Gasteiger partial charge in [-0.2, -0.15) is 5.10 Å². The second-order valence-corrected chi connectivity index (χ2v) is 8.45. The Hall–Kier alpha value is -2.57. The molecule has 0 aliphatic heterocycles. The average molecular weight is 447 g/mol. The van der Waals surface area contributed by atoms with Crippen molar-refractivity contribution in [1.29, 1.82) is 0 Å². The van der Waals surface area contributed by atoms with Gasteiger partial charge in [0.2, 0.25) is 0 Å². The minimum Gasteiger partial charge on any atom is -0.383 e. The molecule has 1 saturated carbocycles. The molecule has 30 heavy (non-hydrogen) atoms. The van der Waals surface area contributed by atoms with Crippen LogP contribution in [-0.4, -0.2) is 15.7 Å². The van der Waals surface area contributed by atoms with Gasteiger partial charge in [0.05, 0.1) is 10.7 Å². The Kier molecular flexibility index (Phi) is 5.71. The van der Waals surface area contributed by atoms with Gasteiger partial charge in [0.15, 0.2) is 0 Å². The Morgan fingerprint density at radius 1 is 1.17 bits per heavy atom. The summed E-state index contributed by atoms with van der Waals surface area (Å²) in [5, 5.41) is 7.96. The number of aromatic nitrogens is 2. The number of amides is 1. The van der Waals surface area contributed by atoms with E-state index in [-0.39, 0.29) is 16.8 Å². The standard InChI is InChI=1S/C22H21Cl2FN4O/c1-29-21(26)19(22(30)27-16-8-9-18(25)17(24)11-16)20(28-29)14-3-2-13(10-14)12-4-6-15(23)7-5-12/h4-9,11,13-14H,2-3,10,26H2,1H3,(H,27,30). The molecule has 2 atom stereocenters. The summed E-state index contributed by atoms with van der Waals surface area (Å²) in [5.74, 6) is -0.136. The summed E-state index contributed by atoms with van der Waals surface area (Å²) < 4.78 is 14.9. The first-order valence-corrected chi connectivity index (χ1v) is 10.4. The number of anilines is 2. The highest BCUT2D eigenvalue weighted by molar-refractivity contribution is 6.31. The minimum atomic E-state index is -0.546. The van der Waals surface area contributed by atoms with E-state index in [1.54, 1.807) is 7.05 Å². The molecule has 2 unspecified atom stereocenters. The van der Waals surface area contributed by atoms with Crippen LogP contribution in [0.25, 0.3) is 0 Å². The average Bonchev–Trinajstić information content (AvgIpc) is 3.31. The van der Waals surface area contributed by atoms with E-state index >= 15 is 0 Å². The van der Waals surface area contributed by atoms with E-state index in [9.17, 15) is 9.18 Å². The van der Waals surface area contributed by atoms with Crippen molar-refractivity contribution in [1.82, 2.24) is 9.78 Å². The van der Waals surface area contributed by atoms with Crippen molar-refractivity contribution in [3.63, 3.8) is 0 Å². The molecule has 3 aromatic rings. The monoisotopic (exact) mass is 446 g/mol. The first-order chi connectivity index (χ1) is 14.3. The van der Waals surface area contributed by atoms with Crippen LogP contribution in [-0.2, 0) is 7.05 Å². The Morgan fingerprint density at radius 2 is 1.87 bits per heavy atom. The van der Waals surface area contributed by atoms with Crippen LogP contribution in [0, 0.1) is 5.82 Å². The normalized spacial score (nSPS) is 18.5. The van der Waals surface area contributed by atoms with Gasteiger partial charge in [-0.05, 0) is 61.1 Å². The lowest BCUT2D eigenvalue weighted by molar-refractivity contribution is 0.102. The zero-order valence-electron chi connectivity index (χ0n) is 16.3.